The van der Waals surface area contributed by atoms with Crippen molar-refractivity contribution in [2.24, 2.45) is 0 Å². The van der Waals surface area contributed by atoms with E-state index in [0.29, 0.717) is 0 Å². The number of hydrogen-bond acceptors (Lipinski definition) is 0. The van der Waals surface area contributed by atoms with Gasteiger partial charge in [-0.3, -0.25) is 0 Å². The molecule has 0 heterocycles. The van der Waals surface area contributed by atoms with Crippen LogP contribution in [0.1, 0.15) is 5.56 Å². The van der Waals surface area contributed by atoms with E-state index >= 15 is 0 Å². The van der Waals surface area contributed by atoms with Crippen LogP contribution in [-0.2, 0) is 0 Å². The van der Waals surface area contributed by atoms with Crippen LogP contribution in [0.2, 0.25) is 0 Å². The fraction of sp³-hybridized carbons (Fsp3) is 0.0909. The third-order valence-corrected chi connectivity index (χ3v) is 6.70. The maximum Gasteiger partial charge on any atom is 0.0412 e. The maximum absolute atomic E-state index is 3.65. The molecule has 0 saturated heterocycles. The zero-order valence-electron chi connectivity index (χ0n) is 7.44. The Morgan fingerprint density at radius 3 is 2.57 bits per heavy atom. The first-order valence-electron chi connectivity index (χ1n) is 4.13. The molecule has 0 bridgehead atoms. The highest BCUT2D eigenvalue weighted by Gasteiger charge is 2.07. The molecule has 0 aliphatic rings. The quantitative estimate of drug-likeness (QED) is 0.369. The first-order valence-corrected chi connectivity index (χ1v) is 7.08. The standard InChI is InChI=1S/C11H7BrI2/c1-6-2-3-7-5-9(13)11(14)10(12)8(7)4-6/h2-5H,1H3. The van der Waals surface area contributed by atoms with Gasteiger partial charge in [0, 0.05) is 11.6 Å². The van der Waals surface area contributed by atoms with Gasteiger partial charge in [0.05, 0.1) is 0 Å². The van der Waals surface area contributed by atoms with E-state index in [1.54, 1.807) is 0 Å². The van der Waals surface area contributed by atoms with Crippen molar-refractivity contribution < 1.29 is 0 Å². The average Bonchev–Trinajstić information content (AvgIpc) is 2.16. The van der Waals surface area contributed by atoms with Gasteiger partial charge in [-0.2, -0.15) is 0 Å². The zero-order valence-corrected chi connectivity index (χ0v) is 13.3. The lowest BCUT2D eigenvalue weighted by atomic mass is 10.1. The van der Waals surface area contributed by atoms with Crippen molar-refractivity contribution in [3.8, 4) is 0 Å². The normalized spacial score (nSPS) is 10.9. The number of hydrogen-bond donors (Lipinski definition) is 0. The second-order valence-corrected chi connectivity index (χ2v) is 6.24. The van der Waals surface area contributed by atoms with Crippen LogP contribution in [0.25, 0.3) is 10.8 Å². The molecule has 0 unspecified atom stereocenters. The largest absolute Gasteiger partial charge is 0.0587 e. The highest BCUT2D eigenvalue weighted by molar-refractivity contribution is 14.1. The summed E-state index contributed by atoms with van der Waals surface area (Å²) in [7, 11) is 0. The highest BCUT2D eigenvalue weighted by Crippen LogP contribution is 2.32. The van der Waals surface area contributed by atoms with Gasteiger partial charge in [-0.05, 0) is 84.9 Å². The predicted octanol–water partition coefficient (Wildman–Crippen LogP) is 5.12. The highest BCUT2D eigenvalue weighted by atomic mass is 127. The monoisotopic (exact) mass is 472 g/mol. The van der Waals surface area contributed by atoms with Gasteiger partial charge in [0.1, 0.15) is 0 Å². The molecule has 2 aromatic carbocycles. The second kappa shape index (κ2) is 4.25. The molecule has 0 fully saturated rings. The maximum atomic E-state index is 3.65. The zero-order chi connectivity index (χ0) is 10.3. The number of halogens is 3. The van der Waals surface area contributed by atoms with Crippen LogP contribution in [0, 0.1) is 14.1 Å². The van der Waals surface area contributed by atoms with Crippen molar-refractivity contribution >= 4 is 71.9 Å². The third-order valence-electron chi connectivity index (χ3n) is 2.13. The Labute approximate surface area is 119 Å². The van der Waals surface area contributed by atoms with Crippen molar-refractivity contribution in [1.82, 2.24) is 0 Å². The van der Waals surface area contributed by atoms with E-state index in [1.165, 1.54) is 27.9 Å². The van der Waals surface area contributed by atoms with Crippen LogP contribution in [-0.4, -0.2) is 0 Å². The Bertz CT molecular complexity index is 506. The summed E-state index contributed by atoms with van der Waals surface area (Å²) >= 11 is 8.40. The Morgan fingerprint density at radius 1 is 1.14 bits per heavy atom. The molecule has 0 nitrogen and oxygen atoms in total. The van der Waals surface area contributed by atoms with Crippen LogP contribution in [0.5, 0.6) is 0 Å². The first kappa shape index (κ1) is 11.1. The van der Waals surface area contributed by atoms with Gasteiger partial charge in [0.15, 0.2) is 0 Å². The van der Waals surface area contributed by atoms with Gasteiger partial charge in [-0.15, -0.1) is 0 Å². The minimum atomic E-state index is 1.21. The molecule has 0 radical (unpaired) electrons. The van der Waals surface area contributed by atoms with E-state index in [2.05, 4.69) is 92.3 Å². The first-order chi connectivity index (χ1) is 6.59. The summed E-state index contributed by atoms with van der Waals surface area (Å²) < 4.78 is 3.80. The number of aryl methyl sites for hydroxylation is 1. The molecule has 72 valence electrons. The van der Waals surface area contributed by atoms with Crippen molar-refractivity contribution in [1.29, 1.82) is 0 Å². The number of benzene rings is 2. The van der Waals surface area contributed by atoms with Crippen LogP contribution in [0.3, 0.4) is 0 Å². The molecule has 0 aliphatic heterocycles. The van der Waals surface area contributed by atoms with E-state index in [0.717, 1.165) is 0 Å². The summed E-state index contributed by atoms with van der Waals surface area (Å²) in [4.78, 5) is 0. The molecule has 14 heavy (non-hydrogen) atoms. The second-order valence-electron chi connectivity index (χ2n) is 3.21. The van der Waals surface area contributed by atoms with Crippen molar-refractivity contribution in [3.63, 3.8) is 0 Å². The van der Waals surface area contributed by atoms with Crippen molar-refractivity contribution in [2.45, 2.75) is 6.92 Å². The topological polar surface area (TPSA) is 0 Å². The smallest absolute Gasteiger partial charge is 0.0412 e. The van der Waals surface area contributed by atoms with Gasteiger partial charge in [-0.1, -0.05) is 23.8 Å². The van der Waals surface area contributed by atoms with E-state index in [-0.39, 0.29) is 0 Å². The molecule has 0 N–H and O–H groups in total. The lowest BCUT2D eigenvalue weighted by Gasteiger charge is -2.06. The van der Waals surface area contributed by atoms with Crippen LogP contribution in [0.15, 0.2) is 28.7 Å². The number of fused-ring (bicyclic) bond motifs is 1. The van der Waals surface area contributed by atoms with Gasteiger partial charge in [-0.25, -0.2) is 0 Å². The minimum Gasteiger partial charge on any atom is -0.0587 e. The fourth-order valence-corrected chi connectivity index (χ4v) is 3.39. The van der Waals surface area contributed by atoms with Gasteiger partial charge < -0.3 is 0 Å². The number of rotatable bonds is 0. The van der Waals surface area contributed by atoms with E-state index in [1.807, 2.05) is 0 Å². The molecule has 0 aliphatic carbocycles. The Morgan fingerprint density at radius 2 is 1.86 bits per heavy atom. The fourth-order valence-electron chi connectivity index (χ4n) is 1.41. The Kier molecular flexibility index (Phi) is 3.38. The Balaban J connectivity index is 2.92. The van der Waals surface area contributed by atoms with Crippen LogP contribution >= 0.6 is 61.1 Å². The average molecular weight is 473 g/mol. The lowest BCUT2D eigenvalue weighted by Crippen LogP contribution is -1.85. The predicted molar refractivity (Wildman–Crippen MR) is 81.8 cm³/mol. The summed E-state index contributed by atoms with van der Waals surface area (Å²) in [6.45, 7) is 2.12. The molecule has 0 aromatic heterocycles. The van der Waals surface area contributed by atoms with Gasteiger partial charge >= 0.3 is 0 Å². The summed E-state index contributed by atoms with van der Waals surface area (Å²) in [5.41, 5.74) is 1.30. The SMILES string of the molecule is Cc1ccc2cc(I)c(I)c(Br)c2c1. The summed E-state index contributed by atoms with van der Waals surface area (Å²) in [5.74, 6) is 0. The lowest BCUT2D eigenvalue weighted by molar-refractivity contribution is 1.49. The molecule has 0 atom stereocenters. The van der Waals surface area contributed by atoms with Crippen LogP contribution in [0.4, 0.5) is 0 Å². The molecule has 0 saturated carbocycles. The molecule has 3 heteroatoms. The van der Waals surface area contributed by atoms with Crippen molar-refractivity contribution in [2.75, 3.05) is 0 Å². The summed E-state index contributed by atoms with van der Waals surface area (Å²) in [5, 5.41) is 2.60. The molecule has 0 spiro atoms. The third kappa shape index (κ3) is 1.95. The molecule has 2 aromatic rings. The molecule has 0 amide bonds. The van der Waals surface area contributed by atoms with Crippen molar-refractivity contribution in [3.05, 3.63) is 41.4 Å². The Hall–Kier alpha value is 0.640. The summed E-state index contributed by atoms with van der Waals surface area (Å²) in [6.07, 6.45) is 0. The molecule has 2 rings (SSSR count). The molecular weight excluding hydrogens is 466 g/mol. The van der Waals surface area contributed by atoms with Crippen LogP contribution < -0.4 is 0 Å². The van der Waals surface area contributed by atoms with Gasteiger partial charge in [0.25, 0.3) is 0 Å². The van der Waals surface area contributed by atoms with Gasteiger partial charge in [0.2, 0.25) is 0 Å². The van der Waals surface area contributed by atoms with E-state index in [4.69, 9.17) is 0 Å². The van der Waals surface area contributed by atoms with E-state index in [9.17, 15) is 0 Å². The summed E-state index contributed by atoms with van der Waals surface area (Å²) in [6, 6.07) is 8.77. The minimum absolute atomic E-state index is 1.21. The van der Waals surface area contributed by atoms with E-state index < -0.39 is 0 Å². The molecular formula is C11H7BrI2.